The number of rotatable bonds is 14. The number of halogens is 2. The number of benzene rings is 2. The molecule has 0 aliphatic carbocycles. The molecule has 38 heavy (non-hydrogen) atoms. The highest BCUT2D eigenvalue weighted by molar-refractivity contribution is 5.73. The summed E-state index contributed by atoms with van der Waals surface area (Å²) in [6.45, 7) is 4.93. The Balaban J connectivity index is 1.73. The molecule has 1 heterocycles. The lowest BCUT2D eigenvalue weighted by atomic mass is 10.0. The summed E-state index contributed by atoms with van der Waals surface area (Å²) in [5.41, 5.74) is 2.94. The van der Waals surface area contributed by atoms with Crippen LogP contribution in [0.3, 0.4) is 0 Å². The summed E-state index contributed by atoms with van der Waals surface area (Å²) in [6, 6.07) is 15.1. The third-order valence-corrected chi connectivity index (χ3v) is 6.05. The molecule has 9 heteroatoms. The summed E-state index contributed by atoms with van der Waals surface area (Å²) in [5, 5.41) is 18.6. The molecule has 0 spiro atoms. The first-order chi connectivity index (χ1) is 18.3. The predicted molar refractivity (Wildman–Crippen MR) is 138 cm³/mol. The summed E-state index contributed by atoms with van der Waals surface area (Å²) in [4.78, 5) is 15.7. The molecule has 0 saturated heterocycles. The number of carbonyl (C=O) groups is 1. The van der Waals surface area contributed by atoms with Crippen LogP contribution in [-0.4, -0.2) is 47.2 Å². The highest BCUT2D eigenvalue weighted by atomic mass is 19.1. The van der Waals surface area contributed by atoms with Crippen molar-refractivity contribution in [2.75, 3.05) is 19.9 Å². The number of ether oxygens (including phenoxy) is 3. The standard InChI is InChI=1S/C29H33F2NO6/c1-4-36-26(13-14-33)21-6-8-22(9-7-21)37-17-20-5-11-25(31)24(15-20)23-10-12-27(32-19(23)3)38-28(29(34)35)18(2)16-30/h5-12,15,18,26,28,33H,4,13-14,16-17H2,1-3H3,(H,34,35)/t18-,26+,28?/m1/s1. The van der Waals surface area contributed by atoms with Crippen LogP contribution in [0.2, 0.25) is 0 Å². The van der Waals surface area contributed by atoms with E-state index in [2.05, 4.69) is 4.98 Å². The van der Waals surface area contributed by atoms with E-state index >= 15 is 0 Å². The van der Waals surface area contributed by atoms with E-state index in [0.717, 1.165) is 11.1 Å². The second-order valence-electron chi connectivity index (χ2n) is 8.92. The average Bonchev–Trinajstić information content (AvgIpc) is 2.91. The van der Waals surface area contributed by atoms with Crippen LogP contribution in [-0.2, 0) is 16.1 Å². The molecular weight excluding hydrogens is 496 g/mol. The number of hydrogen-bond acceptors (Lipinski definition) is 6. The van der Waals surface area contributed by atoms with Gasteiger partial charge < -0.3 is 24.4 Å². The smallest absolute Gasteiger partial charge is 0.345 e. The van der Waals surface area contributed by atoms with Crippen LogP contribution in [0.15, 0.2) is 54.6 Å². The lowest BCUT2D eigenvalue weighted by Crippen LogP contribution is -2.35. The van der Waals surface area contributed by atoms with Gasteiger partial charge in [-0.1, -0.05) is 25.1 Å². The monoisotopic (exact) mass is 529 g/mol. The van der Waals surface area contributed by atoms with Crippen molar-refractivity contribution < 1.29 is 38.0 Å². The highest BCUT2D eigenvalue weighted by Gasteiger charge is 2.27. The molecule has 0 saturated carbocycles. The Morgan fingerprint density at radius 3 is 2.42 bits per heavy atom. The minimum Gasteiger partial charge on any atom is -0.489 e. The van der Waals surface area contributed by atoms with E-state index < -0.39 is 30.5 Å². The van der Waals surface area contributed by atoms with E-state index in [1.54, 1.807) is 25.1 Å². The van der Waals surface area contributed by atoms with Crippen molar-refractivity contribution in [3.63, 3.8) is 0 Å². The maximum Gasteiger partial charge on any atom is 0.345 e. The molecule has 3 atom stereocenters. The van der Waals surface area contributed by atoms with Crippen LogP contribution in [0.4, 0.5) is 8.78 Å². The van der Waals surface area contributed by atoms with Gasteiger partial charge in [-0.3, -0.25) is 4.39 Å². The summed E-state index contributed by atoms with van der Waals surface area (Å²) >= 11 is 0. The molecule has 0 fully saturated rings. The van der Waals surface area contributed by atoms with E-state index in [9.17, 15) is 23.8 Å². The SMILES string of the molecule is CCO[C@@H](CCO)c1ccc(OCc2ccc(F)c(-c3ccc(OC(C(=O)O)[C@H](C)CF)nc3C)c2)cc1. The maximum absolute atomic E-state index is 14.8. The van der Waals surface area contributed by atoms with Gasteiger partial charge in [0, 0.05) is 48.4 Å². The lowest BCUT2D eigenvalue weighted by molar-refractivity contribution is -0.147. The molecule has 7 nitrogen and oxygen atoms in total. The summed E-state index contributed by atoms with van der Waals surface area (Å²) in [5.74, 6) is -1.93. The zero-order valence-electron chi connectivity index (χ0n) is 21.7. The first-order valence-corrected chi connectivity index (χ1v) is 12.4. The number of carboxylic acid groups (broad SMARTS) is 1. The van der Waals surface area contributed by atoms with E-state index in [-0.39, 0.29) is 25.2 Å². The van der Waals surface area contributed by atoms with Gasteiger partial charge in [-0.05, 0) is 55.3 Å². The number of aromatic nitrogens is 1. The number of carboxylic acids is 1. The fourth-order valence-corrected chi connectivity index (χ4v) is 3.99. The van der Waals surface area contributed by atoms with Gasteiger partial charge in [0.05, 0.1) is 12.8 Å². The molecule has 0 aliphatic heterocycles. The fourth-order valence-electron chi connectivity index (χ4n) is 3.99. The zero-order chi connectivity index (χ0) is 27.7. The third-order valence-electron chi connectivity index (χ3n) is 6.05. The molecule has 204 valence electrons. The Labute approximate surface area is 221 Å². The van der Waals surface area contributed by atoms with E-state index in [1.165, 1.54) is 19.1 Å². The minimum absolute atomic E-state index is 0.0212. The Kier molecular flexibility index (Phi) is 10.6. The van der Waals surface area contributed by atoms with E-state index in [1.807, 2.05) is 31.2 Å². The number of nitrogens with zero attached hydrogens (tertiary/aromatic N) is 1. The van der Waals surface area contributed by atoms with Gasteiger partial charge in [-0.25, -0.2) is 14.2 Å². The predicted octanol–water partition coefficient (Wildman–Crippen LogP) is 5.67. The molecule has 0 bridgehead atoms. The largest absolute Gasteiger partial charge is 0.489 e. The zero-order valence-corrected chi connectivity index (χ0v) is 21.7. The topological polar surface area (TPSA) is 98.1 Å². The van der Waals surface area contributed by atoms with Crippen LogP contribution >= 0.6 is 0 Å². The van der Waals surface area contributed by atoms with Gasteiger partial charge in [0.1, 0.15) is 18.2 Å². The number of aliphatic hydroxyl groups excluding tert-OH is 1. The number of hydrogen-bond donors (Lipinski definition) is 2. The van der Waals surface area contributed by atoms with Crippen LogP contribution in [0.25, 0.3) is 11.1 Å². The lowest BCUT2D eigenvalue weighted by Gasteiger charge is -2.19. The normalized spacial score (nSPS) is 13.5. The van der Waals surface area contributed by atoms with Crippen LogP contribution in [0.1, 0.15) is 43.2 Å². The van der Waals surface area contributed by atoms with Crippen molar-refractivity contribution in [3.05, 3.63) is 77.2 Å². The quantitative estimate of drug-likeness (QED) is 0.278. The molecule has 3 rings (SSSR count). The van der Waals surface area contributed by atoms with Crippen LogP contribution in [0, 0.1) is 18.7 Å². The molecule has 1 aromatic heterocycles. The molecule has 1 unspecified atom stereocenters. The first kappa shape index (κ1) is 29.0. The summed E-state index contributed by atoms with van der Waals surface area (Å²) in [6.07, 6.45) is -1.07. The number of aryl methyl sites for hydroxylation is 1. The van der Waals surface area contributed by atoms with Crippen molar-refractivity contribution in [1.29, 1.82) is 0 Å². The number of aliphatic hydroxyl groups is 1. The number of aliphatic carboxylic acids is 1. The molecule has 2 aromatic carbocycles. The van der Waals surface area contributed by atoms with E-state index in [0.29, 0.717) is 35.6 Å². The van der Waals surface area contributed by atoms with Gasteiger partial charge in [-0.2, -0.15) is 0 Å². The second kappa shape index (κ2) is 13.8. The van der Waals surface area contributed by atoms with Gasteiger partial charge in [0.2, 0.25) is 12.0 Å². The summed E-state index contributed by atoms with van der Waals surface area (Å²) < 4.78 is 44.7. The highest BCUT2D eigenvalue weighted by Crippen LogP contribution is 2.29. The maximum atomic E-state index is 14.8. The molecule has 0 radical (unpaired) electrons. The first-order valence-electron chi connectivity index (χ1n) is 12.4. The fraction of sp³-hybridized carbons (Fsp3) is 0.379. The molecule has 2 N–H and O–H groups in total. The Morgan fingerprint density at radius 2 is 1.82 bits per heavy atom. The van der Waals surface area contributed by atoms with Gasteiger partial charge in [0.25, 0.3) is 0 Å². The molecular formula is C29H33F2NO6. The van der Waals surface area contributed by atoms with Gasteiger partial charge in [0.15, 0.2) is 0 Å². The van der Waals surface area contributed by atoms with Crippen LogP contribution in [0.5, 0.6) is 11.6 Å². The molecule has 0 amide bonds. The van der Waals surface area contributed by atoms with E-state index in [4.69, 9.17) is 14.2 Å². The second-order valence-corrected chi connectivity index (χ2v) is 8.92. The van der Waals surface area contributed by atoms with Crippen molar-refractivity contribution in [2.24, 2.45) is 5.92 Å². The minimum atomic E-state index is -1.39. The van der Waals surface area contributed by atoms with Crippen molar-refractivity contribution in [2.45, 2.75) is 46.0 Å². The van der Waals surface area contributed by atoms with Crippen molar-refractivity contribution in [1.82, 2.24) is 4.98 Å². The number of alkyl halides is 1. The van der Waals surface area contributed by atoms with Crippen molar-refractivity contribution in [3.8, 4) is 22.8 Å². The average molecular weight is 530 g/mol. The summed E-state index contributed by atoms with van der Waals surface area (Å²) in [7, 11) is 0. The Bertz CT molecular complexity index is 1200. The Morgan fingerprint density at radius 1 is 1.08 bits per heavy atom. The van der Waals surface area contributed by atoms with Gasteiger partial charge >= 0.3 is 5.97 Å². The molecule has 3 aromatic rings. The number of pyridine rings is 1. The Hall–Kier alpha value is -3.56. The molecule has 0 aliphatic rings. The van der Waals surface area contributed by atoms with Crippen LogP contribution < -0.4 is 9.47 Å². The third kappa shape index (κ3) is 7.49. The van der Waals surface area contributed by atoms with Gasteiger partial charge in [-0.15, -0.1) is 0 Å². The van der Waals surface area contributed by atoms with Crippen molar-refractivity contribution >= 4 is 5.97 Å².